The summed E-state index contributed by atoms with van der Waals surface area (Å²) < 4.78 is 45.4. The van der Waals surface area contributed by atoms with E-state index in [9.17, 15) is 22.8 Å². The summed E-state index contributed by atoms with van der Waals surface area (Å²) in [6.07, 6.45) is -3.03. The number of esters is 1. The van der Waals surface area contributed by atoms with Crippen molar-refractivity contribution in [3.05, 3.63) is 23.8 Å². The van der Waals surface area contributed by atoms with Gasteiger partial charge in [-0.05, 0) is 49.4 Å². The number of carboxylic acid groups (broad SMARTS) is 1. The summed E-state index contributed by atoms with van der Waals surface area (Å²) in [6, 6.07) is 0. The number of carbonyl (C=O) groups is 2. The van der Waals surface area contributed by atoms with Gasteiger partial charge in [0, 0.05) is 5.57 Å². The van der Waals surface area contributed by atoms with E-state index in [1.165, 1.54) is 0 Å². The Morgan fingerprint density at radius 2 is 1.77 bits per heavy atom. The summed E-state index contributed by atoms with van der Waals surface area (Å²) in [5.41, 5.74) is -2.58. The van der Waals surface area contributed by atoms with Crippen LogP contribution in [0.2, 0.25) is 0 Å². The fourth-order valence-corrected chi connectivity index (χ4v) is 4.35. The van der Waals surface area contributed by atoms with Crippen LogP contribution < -0.4 is 0 Å². The van der Waals surface area contributed by atoms with Crippen LogP contribution in [-0.2, 0) is 14.3 Å². The minimum absolute atomic E-state index is 0.000358. The van der Waals surface area contributed by atoms with Crippen LogP contribution >= 0.6 is 0 Å². The van der Waals surface area contributed by atoms with Gasteiger partial charge in [-0.25, -0.2) is 4.79 Å². The van der Waals surface area contributed by atoms with Crippen molar-refractivity contribution in [2.24, 2.45) is 29.1 Å². The molecule has 2 aliphatic carbocycles. The highest BCUT2D eigenvalue weighted by atomic mass is 19.4. The number of allylic oxidation sites excluding steroid dienone is 1. The number of alkyl halides is 3. The molecule has 0 radical (unpaired) electrons. The Morgan fingerprint density at radius 3 is 2.15 bits per heavy atom. The number of carbonyl (C=O) groups excluding carboxylic acids is 1. The molecule has 1 N–H and O–H groups in total. The second-order valence-electron chi connectivity index (χ2n) is 7.84. The van der Waals surface area contributed by atoms with Crippen molar-refractivity contribution in [2.75, 3.05) is 6.61 Å². The monoisotopic (exact) mass is 374 g/mol. The van der Waals surface area contributed by atoms with E-state index in [4.69, 9.17) is 9.84 Å². The zero-order valence-corrected chi connectivity index (χ0v) is 15.2. The normalized spacial score (nSPS) is 28.8. The molecule has 2 aliphatic rings. The fraction of sp³-hybridized carbons (Fsp3) is 0.684. The van der Waals surface area contributed by atoms with Crippen molar-refractivity contribution in [2.45, 2.75) is 46.2 Å². The molecule has 0 amide bonds. The second kappa shape index (κ2) is 7.08. The van der Waals surface area contributed by atoms with Gasteiger partial charge in [0.05, 0.1) is 18.1 Å². The molecule has 0 heterocycles. The molecule has 0 bridgehead atoms. The highest BCUT2D eigenvalue weighted by Crippen LogP contribution is 2.64. The first kappa shape index (κ1) is 20.5. The highest BCUT2D eigenvalue weighted by molar-refractivity contribution is 5.91. The van der Waals surface area contributed by atoms with E-state index in [0.717, 1.165) is 6.08 Å². The molecule has 0 aromatic rings. The molecule has 2 atom stereocenters. The molecule has 146 valence electrons. The van der Waals surface area contributed by atoms with Gasteiger partial charge in [0.25, 0.3) is 0 Å². The Kier molecular flexibility index (Phi) is 5.59. The first-order valence-corrected chi connectivity index (χ1v) is 8.76. The lowest BCUT2D eigenvalue weighted by Gasteiger charge is -2.35. The Bertz CT molecular complexity index is 621. The number of rotatable bonds is 7. The van der Waals surface area contributed by atoms with E-state index in [0.29, 0.717) is 19.4 Å². The average molecular weight is 374 g/mol. The van der Waals surface area contributed by atoms with E-state index in [-0.39, 0.29) is 29.6 Å². The molecule has 0 saturated heterocycles. The molecule has 7 heteroatoms. The predicted octanol–water partition coefficient (Wildman–Crippen LogP) is 4.37. The van der Waals surface area contributed by atoms with Crippen LogP contribution in [0.5, 0.6) is 0 Å². The third kappa shape index (κ3) is 3.96. The zero-order valence-electron chi connectivity index (χ0n) is 15.2. The van der Waals surface area contributed by atoms with E-state index in [2.05, 4.69) is 6.58 Å². The molecular formula is C19H25F3O4. The molecule has 2 saturated carbocycles. The molecule has 0 aliphatic heterocycles. The molecule has 2 unspecified atom stereocenters. The quantitative estimate of drug-likeness (QED) is 0.408. The van der Waals surface area contributed by atoms with Crippen molar-refractivity contribution in [3.8, 4) is 0 Å². The number of hydrogen-bond donors (Lipinski definition) is 1. The molecule has 2 rings (SSSR count). The van der Waals surface area contributed by atoms with Gasteiger partial charge in [0.2, 0.25) is 0 Å². The van der Waals surface area contributed by atoms with Crippen LogP contribution in [-0.4, -0.2) is 29.8 Å². The van der Waals surface area contributed by atoms with Crippen LogP contribution in [0.15, 0.2) is 23.8 Å². The van der Waals surface area contributed by atoms with E-state index in [1.807, 2.05) is 0 Å². The van der Waals surface area contributed by atoms with E-state index in [1.54, 1.807) is 20.8 Å². The first-order valence-electron chi connectivity index (χ1n) is 8.76. The molecule has 26 heavy (non-hydrogen) atoms. The van der Waals surface area contributed by atoms with Crippen molar-refractivity contribution in [1.29, 1.82) is 0 Å². The van der Waals surface area contributed by atoms with Gasteiger partial charge in [0.15, 0.2) is 0 Å². The summed E-state index contributed by atoms with van der Waals surface area (Å²) in [5, 5.41) is 9.08. The van der Waals surface area contributed by atoms with Gasteiger partial charge >= 0.3 is 18.1 Å². The van der Waals surface area contributed by atoms with Crippen LogP contribution in [0.3, 0.4) is 0 Å². The van der Waals surface area contributed by atoms with Crippen molar-refractivity contribution >= 4 is 11.9 Å². The van der Waals surface area contributed by atoms with Crippen LogP contribution in [0.4, 0.5) is 13.2 Å². The summed E-state index contributed by atoms with van der Waals surface area (Å²) in [4.78, 5) is 23.0. The van der Waals surface area contributed by atoms with Gasteiger partial charge < -0.3 is 9.84 Å². The van der Waals surface area contributed by atoms with Gasteiger partial charge in [-0.1, -0.05) is 26.5 Å². The number of carboxylic acids is 1. The lowest BCUT2D eigenvalue weighted by molar-refractivity contribution is -0.145. The van der Waals surface area contributed by atoms with Gasteiger partial charge in [-0.15, -0.1) is 0 Å². The fourth-order valence-electron chi connectivity index (χ4n) is 4.35. The number of aliphatic carboxylic acids is 1. The number of halogens is 3. The topological polar surface area (TPSA) is 63.6 Å². The standard InChI is InChI=1S/C19H25F3O4/c1-5-11(16(23)24)14(19(20,21)22)9-18(3,4)10-7-12-13(8-10)15(12)17(25)26-6-2/h5,10,12-13,15H,1,6-9H2,2-4H3,(H,23,24). The Morgan fingerprint density at radius 1 is 1.23 bits per heavy atom. The van der Waals surface area contributed by atoms with Gasteiger partial charge in [-0.3, -0.25) is 4.79 Å². The maximum Gasteiger partial charge on any atom is 0.413 e. The lowest BCUT2D eigenvalue weighted by atomic mass is 9.71. The lowest BCUT2D eigenvalue weighted by Crippen LogP contribution is -2.30. The molecule has 0 aromatic carbocycles. The van der Waals surface area contributed by atoms with Crippen molar-refractivity contribution < 1.29 is 32.6 Å². The Balaban J connectivity index is 2.13. The molecule has 2 fully saturated rings. The van der Waals surface area contributed by atoms with Crippen LogP contribution in [0, 0.1) is 29.1 Å². The summed E-state index contributed by atoms with van der Waals surface area (Å²) >= 11 is 0. The number of fused-ring (bicyclic) bond motifs is 1. The first-order chi connectivity index (χ1) is 11.9. The molecule has 4 nitrogen and oxygen atoms in total. The predicted molar refractivity (Wildman–Crippen MR) is 89.1 cm³/mol. The third-order valence-corrected chi connectivity index (χ3v) is 5.84. The second-order valence-corrected chi connectivity index (χ2v) is 7.84. The largest absolute Gasteiger partial charge is 0.478 e. The highest BCUT2D eigenvalue weighted by Gasteiger charge is 2.62. The minimum Gasteiger partial charge on any atom is -0.478 e. The van der Waals surface area contributed by atoms with Crippen molar-refractivity contribution in [3.63, 3.8) is 0 Å². The Hall–Kier alpha value is -1.79. The minimum atomic E-state index is -4.73. The number of ether oxygens (including phenoxy) is 1. The Labute approximate surface area is 151 Å². The van der Waals surface area contributed by atoms with Crippen molar-refractivity contribution in [1.82, 2.24) is 0 Å². The molecular weight excluding hydrogens is 349 g/mol. The van der Waals surface area contributed by atoms with E-state index >= 15 is 0 Å². The van der Waals surface area contributed by atoms with Gasteiger partial charge in [0.1, 0.15) is 0 Å². The average Bonchev–Trinajstić information content (AvgIpc) is 3.00. The number of hydrogen-bond acceptors (Lipinski definition) is 3. The van der Waals surface area contributed by atoms with Crippen LogP contribution in [0.25, 0.3) is 0 Å². The van der Waals surface area contributed by atoms with E-state index < -0.39 is 35.1 Å². The maximum atomic E-state index is 13.4. The molecule has 0 spiro atoms. The van der Waals surface area contributed by atoms with Crippen LogP contribution in [0.1, 0.15) is 40.0 Å². The molecule has 0 aromatic heterocycles. The summed E-state index contributed by atoms with van der Waals surface area (Å²) in [6.45, 7) is 8.75. The zero-order chi connectivity index (χ0) is 19.9. The third-order valence-electron chi connectivity index (χ3n) is 5.84. The smallest absolute Gasteiger partial charge is 0.413 e. The maximum absolute atomic E-state index is 13.4. The summed E-state index contributed by atoms with van der Waals surface area (Å²) in [7, 11) is 0. The SMILES string of the molecule is C=CC(C(=O)O)=C(CC(C)(C)C1CC2C(C1)C2C(=O)OCC)C(F)(F)F. The summed E-state index contributed by atoms with van der Waals surface area (Å²) in [5.74, 6) is -1.61. The van der Waals surface area contributed by atoms with Gasteiger partial charge in [-0.2, -0.15) is 13.2 Å².